The second-order valence-corrected chi connectivity index (χ2v) is 4.99. The SMILES string of the molecule is COc1ccc2c(-c3ccc(F)cc3Cl)cc(=O)[nH]c2c1. The second-order valence-electron chi connectivity index (χ2n) is 4.58. The normalized spacial score (nSPS) is 10.8. The highest BCUT2D eigenvalue weighted by atomic mass is 35.5. The van der Waals surface area contributed by atoms with Gasteiger partial charge in [-0.1, -0.05) is 11.6 Å². The van der Waals surface area contributed by atoms with E-state index in [0.717, 1.165) is 5.39 Å². The summed E-state index contributed by atoms with van der Waals surface area (Å²) in [5.41, 5.74) is 1.64. The van der Waals surface area contributed by atoms with Crippen molar-refractivity contribution in [3.8, 4) is 16.9 Å². The summed E-state index contributed by atoms with van der Waals surface area (Å²) in [6.45, 7) is 0. The molecule has 0 amide bonds. The number of ether oxygens (including phenoxy) is 1. The van der Waals surface area contributed by atoms with Crippen LogP contribution in [-0.4, -0.2) is 12.1 Å². The van der Waals surface area contributed by atoms with Crippen LogP contribution in [0.1, 0.15) is 0 Å². The van der Waals surface area contributed by atoms with Gasteiger partial charge in [0.1, 0.15) is 11.6 Å². The van der Waals surface area contributed by atoms with Gasteiger partial charge in [-0.2, -0.15) is 0 Å². The summed E-state index contributed by atoms with van der Waals surface area (Å²) in [6, 6.07) is 10.9. The summed E-state index contributed by atoms with van der Waals surface area (Å²) in [4.78, 5) is 14.6. The smallest absolute Gasteiger partial charge is 0.249 e. The van der Waals surface area contributed by atoms with Crippen LogP contribution in [0.2, 0.25) is 5.02 Å². The third-order valence-corrected chi connectivity index (χ3v) is 3.58. The Balaban J connectivity index is 2.34. The third kappa shape index (κ3) is 2.50. The maximum Gasteiger partial charge on any atom is 0.249 e. The zero-order valence-electron chi connectivity index (χ0n) is 11.1. The minimum atomic E-state index is -0.417. The van der Waals surface area contributed by atoms with Crippen molar-refractivity contribution in [3.05, 3.63) is 63.7 Å². The standard InChI is InChI=1S/C16H11ClFNO2/c1-21-10-3-5-12-13(8-16(20)19-15(12)7-10)11-4-2-9(18)6-14(11)17/h2-8H,1H3,(H,19,20). The Bertz CT molecular complexity index is 889. The number of hydrogen-bond donors (Lipinski definition) is 1. The number of fused-ring (bicyclic) bond motifs is 1. The van der Waals surface area contributed by atoms with E-state index in [1.807, 2.05) is 6.07 Å². The quantitative estimate of drug-likeness (QED) is 0.777. The average molecular weight is 304 g/mol. The van der Waals surface area contributed by atoms with Gasteiger partial charge in [-0.25, -0.2) is 4.39 Å². The Kier molecular flexibility index (Phi) is 3.39. The molecule has 0 aliphatic heterocycles. The molecule has 0 unspecified atom stereocenters. The fraction of sp³-hybridized carbons (Fsp3) is 0.0625. The molecule has 3 aromatic rings. The first-order valence-corrected chi connectivity index (χ1v) is 6.63. The van der Waals surface area contributed by atoms with E-state index in [2.05, 4.69) is 4.98 Å². The van der Waals surface area contributed by atoms with Crippen molar-refractivity contribution in [1.29, 1.82) is 0 Å². The molecule has 0 saturated carbocycles. The number of benzene rings is 2. The molecular weight excluding hydrogens is 293 g/mol. The van der Waals surface area contributed by atoms with Crippen molar-refractivity contribution in [2.75, 3.05) is 7.11 Å². The highest BCUT2D eigenvalue weighted by Crippen LogP contribution is 2.33. The molecule has 0 atom stereocenters. The van der Waals surface area contributed by atoms with E-state index in [1.165, 1.54) is 18.2 Å². The van der Waals surface area contributed by atoms with E-state index in [0.29, 0.717) is 22.4 Å². The molecule has 0 aliphatic rings. The summed E-state index contributed by atoms with van der Waals surface area (Å²) in [5.74, 6) is 0.222. The van der Waals surface area contributed by atoms with Crippen LogP contribution in [0, 0.1) is 5.82 Å². The molecule has 0 radical (unpaired) electrons. The van der Waals surface area contributed by atoms with Gasteiger partial charge in [-0.05, 0) is 35.9 Å². The van der Waals surface area contributed by atoms with Crippen LogP contribution in [0.15, 0.2) is 47.3 Å². The fourth-order valence-electron chi connectivity index (χ4n) is 2.30. The number of rotatable bonds is 2. The van der Waals surface area contributed by atoms with Crippen LogP contribution >= 0.6 is 11.6 Å². The zero-order valence-corrected chi connectivity index (χ0v) is 11.9. The molecule has 3 nitrogen and oxygen atoms in total. The second kappa shape index (κ2) is 5.22. The van der Waals surface area contributed by atoms with E-state index < -0.39 is 5.82 Å². The lowest BCUT2D eigenvalue weighted by atomic mass is 10.0. The van der Waals surface area contributed by atoms with Crippen LogP contribution in [0.3, 0.4) is 0 Å². The number of methoxy groups -OCH3 is 1. The van der Waals surface area contributed by atoms with Gasteiger partial charge in [0.25, 0.3) is 0 Å². The lowest BCUT2D eigenvalue weighted by molar-refractivity contribution is 0.415. The monoisotopic (exact) mass is 303 g/mol. The number of pyridine rings is 1. The summed E-state index contributed by atoms with van der Waals surface area (Å²) in [5, 5.41) is 1.07. The van der Waals surface area contributed by atoms with E-state index >= 15 is 0 Å². The van der Waals surface area contributed by atoms with E-state index in [-0.39, 0.29) is 10.6 Å². The fourth-order valence-corrected chi connectivity index (χ4v) is 2.57. The molecule has 0 fully saturated rings. The van der Waals surface area contributed by atoms with Gasteiger partial charge in [-0.3, -0.25) is 4.79 Å². The molecule has 1 aromatic heterocycles. The minimum absolute atomic E-state index is 0.258. The highest BCUT2D eigenvalue weighted by Gasteiger charge is 2.11. The molecule has 3 rings (SSSR count). The first-order chi connectivity index (χ1) is 10.1. The van der Waals surface area contributed by atoms with Crippen molar-refractivity contribution in [1.82, 2.24) is 4.98 Å². The zero-order chi connectivity index (χ0) is 15.0. The van der Waals surface area contributed by atoms with E-state index in [9.17, 15) is 9.18 Å². The number of halogens is 2. The largest absolute Gasteiger partial charge is 0.497 e. The maximum absolute atomic E-state index is 13.2. The van der Waals surface area contributed by atoms with Crippen LogP contribution < -0.4 is 10.3 Å². The summed E-state index contributed by atoms with van der Waals surface area (Å²) in [6.07, 6.45) is 0. The molecule has 106 valence electrons. The predicted molar refractivity (Wildman–Crippen MR) is 81.5 cm³/mol. The number of aromatic nitrogens is 1. The van der Waals surface area contributed by atoms with E-state index in [4.69, 9.17) is 16.3 Å². The molecule has 0 spiro atoms. The third-order valence-electron chi connectivity index (χ3n) is 3.27. The Morgan fingerprint density at radius 2 is 1.90 bits per heavy atom. The number of aromatic amines is 1. The Morgan fingerprint density at radius 3 is 2.62 bits per heavy atom. The van der Waals surface area contributed by atoms with Crippen LogP contribution in [0.4, 0.5) is 4.39 Å². The van der Waals surface area contributed by atoms with Gasteiger partial charge >= 0.3 is 0 Å². The van der Waals surface area contributed by atoms with Crippen molar-refractivity contribution in [2.24, 2.45) is 0 Å². The Morgan fingerprint density at radius 1 is 1.10 bits per heavy atom. The van der Waals surface area contributed by atoms with Gasteiger partial charge in [0.15, 0.2) is 0 Å². The average Bonchev–Trinajstić information content (AvgIpc) is 2.45. The molecular formula is C16H11ClFNO2. The molecule has 5 heteroatoms. The van der Waals surface area contributed by atoms with Crippen molar-refractivity contribution in [3.63, 3.8) is 0 Å². The summed E-state index contributed by atoms with van der Waals surface area (Å²) < 4.78 is 18.3. The van der Waals surface area contributed by atoms with Crippen LogP contribution in [0.5, 0.6) is 5.75 Å². The maximum atomic E-state index is 13.2. The summed E-state index contributed by atoms with van der Waals surface area (Å²) in [7, 11) is 1.56. The number of hydrogen-bond acceptors (Lipinski definition) is 2. The molecule has 0 saturated heterocycles. The Hall–Kier alpha value is -2.33. The first kappa shape index (κ1) is 13.6. The van der Waals surface area contributed by atoms with Crippen LogP contribution in [0.25, 0.3) is 22.0 Å². The molecule has 2 aromatic carbocycles. The van der Waals surface area contributed by atoms with Gasteiger partial charge < -0.3 is 9.72 Å². The van der Waals surface area contributed by atoms with Gasteiger partial charge in [-0.15, -0.1) is 0 Å². The van der Waals surface area contributed by atoms with Crippen molar-refractivity contribution in [2.45, 2.75) is 0 Å². The summed E-state index contributed by atoms with van der Waals surface area (Å²) >= 11 is 6.10. The molecule has 1 heterocycles. The predicted octanol–water partition coefficient (Wildman–Crippen LogP) is 4.00. The first-order valence-electron chi connectivity index (χ1n) is 6.25. The molecule has 1 N–H and O–H groups in total. The van der Waals surface area contributed by atoms with Crippen molar-refractivity contribution >= 4 is 22.5 Å². The van der Waals surface area contributed by atoms with Gasteiger partial charge in [0, 0.05) is 23.1 Å². The van der Waals surface area contributed by atoms with Crippen LogP contribution in [-0.2, 0) is 0 Å². The number of nitrogens with one attached hydrogen (secondary N) is 1. The van der Waals surface area contributed by atoms with Gasteiger partial charge in [0.2, 0.25) is 5.56 Å². The minimum Gasteiger partial charge on any atom is -0.497 e. The van der Waals surface area contributed by atoms with Crippen molar-refractivity contribution < 1.29 is 9.13 Å². The molecule has 21 heavy (non-hydrogen) atoms. The number of H-pyrrole nitrogens is 1. The lowest BCUT2D eigenvalue weighted by Crippen LogP contribution is -2.05. The topological polar surface area (TPSA) is 42.1 Å². The Labute approximate surface area is 124 Å². The molecule has 0 bridgehead atoms. The molecule has 0 aliphatic carbocycles. The highest BCUT2D eigenvalue weighted by molar-refractivity contribution is 6.33. The van der Waals surface area contributed by atoms with E-state index in [1.54, 1.807) is 25.3 Å². The lowest BCUT2D eigenvalue weighted by Gasteiger charge is -2.09. The van der Waals surface area contributed by atoms with Gasteiger partial charge in [0.05, 0.1) is 17.6 Å².